The van der Waals surface area contributed by atoms with Crippen LogP contribution in [0.2, 0.25) is 0 Å². The molecule has 1 aliphatic rings. The molecular weight excluding hydrogens is 269 g/mol. The van der Waals surface area contributed by atoms with Crippen LogP contribution in [0.5, 0.6) is 0 Å². The Morgan fingerprint density at radius 3 is 2.76 bits per heavy atom. The molecule has 0 bridgehead atoms. The molecule has 2 rings (SSSR count). The predicted octanol–water partition coefficient (Wildman–Crippen LogP) is 3.45. The molecule has 1 unspecified atom stereocenters. The van der Waals surface area contributed by atoms with Gasteiger partial charge in [0.05, 0.1) is 18.3 Å². The normalized spacial score (nSPS) is 17.0. The van der Waals surface area contributed by atoms with Crippen LogP contribution >= 0.6 is 0 Å². The Kier molecular flexibility index (Phi) is 5.73. The summed E-state index contributed by atoms with van der Waals surface area (Å²) in [5.41, 5.74) is 0.689. The van der Waals surface area contributed by atoms with Crippen molar-refractivity contribution in [3.8, 4) is 0 Å². The third-order valence-electron chi connectivity index (χ3n) is 3.97. The number of nitrogens with one attached hydrogen (secondary N) is 1. The first-order valence-electron chi connectivity index (χ1n) is 7.66. The molecule has 0 radical (unpaired) electrons. The molecule has 118 valence electrons. The Balaban J connectivity index is 1.91. The first-order chi connectivity index (χ1) is 10.00. The van der Waals surface area contributed by atoms with Gasteiger partial charge in [0.1, 0.15) is 5.82 Å². The molecule has 1 aromatic carbocycles. The maximum atomic E-state index is 13.4. The average Bonchev–Trinajstić information content (AvgIpc) is 3.26. The number of ether oxygens (including phenoxy) is 2. The second-order valence-corrected chi connectivity index (χ2v) is 6.31. The highest BCUT2D eigenvalue weighted by Gasteiger charge is 2.23. The molecule has 0 spiro atoms. The van der Waals surface area contributed by atoms with Gasteiger partial charge in [-0.05, 0) is 50.8 Å². The zero-order valence-electron chi connectivity index (χ0n) is 13.2. The summed E-state index contributed by atoms with van der Waals surface area (Å²) in [6, 6.07) is 7.28. The summed E-state index contributed by atoms with van der Waals surface area (Å²) in [6.07, 6.45) is 3.15. The van der Waals surface area contributed by atoms with Crippen LogP contribution in [0, 0.1) is 5.82 Å². The summed E-state index contributed by atoms with van der Waals surface area (Å²) in [5.74, 6) is -0.218. The Labute approximate surface area is 126 Å². The zero-order valence-corrected chi connectivity index (χ0v) is 13.2. The van der Waals surface area contributed by atoms with Gasteiger partial charge < -0.3 is 14.8 Å². The quantitative estimate of drug-likeness (QED) is 0.757. The fourth-order valence-corrected chi connectivity index (χ4v) is 2.09. The zero-order chi connectivity index (χ0) is 15.3. The van der Waals surface area contributed by atoms with Gasteiger partial charge in [0.2, 0.25) is 0 Å². The van der Waals surface area contributed by atoms with Crippen LogP contribution in [0.15, 0.2) is 24.3 Å². The largest absolute Gasteiger partial charge is 0.379 e. The van der Waals surface area contributed by atoms with E-state index in [0.717, 1.165) is 18.5 Å². The van der Waals surface area contributed by atoms with Crippen molar-refractivity contribution in [3.63, 3.8) is 0 Å². The lowest BCUT2D eigenvalue weighted by atomic mass is 10.1. The van der Waals surface area contributed by atoms with E-state index in [1.54, 1.807) is 19.2 Å². The maximum absolute atomic E-state index is 13.4. The monoisotopic (exact) mass is 295 g/mol. The molecule has 1 aromatic rings. The van der Waals surface area contributed by atoms with Gasteiger partial charge in [-0.25, -0.2) is 4.39 Å². The molecule has 1 saturated carbocycles. The number of halogens is 1. The summed E-state index contributed by atoms with van der Waals surface area (Å²) in [5, 5.41) is 3.46. The molecule has 4 heteroatoms. The van der Waals surface area contributed by atoms with E-state index in [1.165, 1.54) is 18.9 Å². The van der Waals surface area contributed by atoms with Crippen molar-refractivity contribution in [2.75, 3.05) is 20.3 Å². The molecule has 0 aromatic heterocycles. The Morgan fingerprint density at radius 2 is 2.14 bits per heavy atom. The molecular formula is C17H26FNO2. The summed E-state index contributed by atoms with van der Waals surface area (Å²) in [4.78, 5) is 0. The molecule has 3 nitrogen and oxygen atoms in total. The first-order valence-corrected chi connectivity index (χ1v) is 7.66. The lowest BCUT2D eigenvalue weighted by Crippen LogP contribution is -2.28. The molecule has 0 saturated heterocycles. The van der Waals surface area contributed by atoms with E-state index >= 15 is 0 Å². The standard InChI is InChI=1S/C17H26FNO2/c1-17(2,20-3)9-10-21-16(12-19-15-7-8-15)13-5-4-6-14(18)11-13/h4-6,11,15-16,19H,7-10,12H2,1-3H3. The lowest BCUT2D eigenvalue weighted by molar-refractivity contribution is -0.0273. The van der Waals surface area contributed by atoms with Crippen molar-refractivity contribution in [1.29, 1.82) is 0 Å². The van der Waals surface area contributed by atoms with Gasteiger partial charge >= 0.3 is 0 Å². The Bertz CT molecular complexity index is 446. The van der Waals surface area contributed by atoms with Crippen LogP contribution in [0.4, 0.5) is 4.39 Å². The third kappa shape index (κ3) is 5.73. The Morgan fingerprint density at radius 1 is 1.38 bits per heavy atom. The van der Waals surface area contributed by atoms with Gasteiger partial charge in [0, 0.05) is 19.7 Å². The second kappa shape index (κ2) is 7.34. The summed E-state index contributed by atoms with van der Waals surface area (Å²) >= 11 is 0. The van der Waals surface area contributed by atoms with E-state index in [2.05, 4.69) is 5.32 Å². The van der Waals surface area contributed by atoms with Crippen molar-refractivity contribution in [1.82, 2.24) is 5.32 Å². The minimum absolute atomic E-state index is 0.117. The lowest BCUT2D eigenvalue weighted by Gasteiger charge is -2.25. The maximum Gasteiger partial charge on any atom is 0.123 e. The van der Waals surface area contributed by atoms with Crippen molar-refractivity contribution >= 4 is 0 Å². The molecule has 1 aliphatic carbocycles. The smallest absolute Gasteiger partial charge is 0.123 e. The topological polar surface area (TPSA) is 30.5 Å². The van der Waals surface area contributed by atoms with Crippen molar-refractivity contribution in [3.05, 3.63) is 35.6 Å². The van der Waals surface area contributed by atoms with Crippen molar-refractivity contribution in [2.24, 2.45) is 0 Å². The number of methoxy groups -OCH3 is 1. The molecule has 1 fully saturated rings. The molecule has 0 amide bonds. The Hall–Kier alpha value is -0.970. The summed E-state index contributed by atoms with van der Waals surface area (Å²) in [7, 11) is 1.71. The number of rotatable bonds is 9. The van der Waals surface area contributed by atoms with E-state index in [9.17, 15) is 4.39 Å². The van der Waals surface area contributed by atoms with Crippen LogP contribution in [0.3, 0.4) is 0 Å². The van der Waals surface area contributed by atoms with E-state index in [4.69, 9.17) is 9.47 Å². The third-order valence-corrected chi connectivity index (χ3v) is 3.97. The van der Waals surface area contributed by atoms with E-state index in [1.807, 2.05) is 19.9 Å². The van der Waals surface area contributed by atoms with Crippen LogP contribution in [-0.2, 0) is 9.47 Å². The highest BCUT2D eigenvalue weighted by molar-refractivity contribution is 5.19. The molecule has 21 heavy (non-hydrogen) atoms. The average molecular weight is 295 g/mol. The van der Waals surface area contributed by atoms with E-state index in [0.29, 0.717) is 12.6 Å². The fourth-order valence-electron chi connectivity index (χ4n) is 2.09. The van der Waals surface area contributed by atoms with Gasteiger partial charge in [-0.2, -0.15) is 0 Å². The van der Waals surface area contributed by atoms with Gasteiger partial charge in [-0.3, -0.25) is 0 Å². The summed E-state index contributed by atoms with van der Waals surface area (Å²) in [6.45, 7) is 5.39. The molecule has 1 atom stereocenters. The summed E-state index contributed by atoms with van der Waals surface area (Å²) < 4.78 is 24.8. The minimum Gasteiger partial charge on any atom is -0.379 e. The van der Waals surface area contributed by atoms with Crippen LogP contribution in [0.1, 0.15) is 44.8 Å². The van der Waals surface area contributed by atoms with Gasteiger partial charge in [0.25, 0.3) is 0 Å². The number of hydrogen-bond acceptors (Lipinski definition) is 3. The van der Waals surface area contributed by atoms with Crippen LogP contribution in [-0.4, -0.2) is 31.9 Å². The van der Waals surface area contributed by atoms with Gasteiger partial charge in [0.15, 0.2) is 0 Å². The predicted molar refractivity (Wildman–Crippen MR) is 81.8 cm³/mol. The SMILES string of the molecule is COC(C)(C)CCOC(CNC1CC1)c1cccc(F)c1. The first kappa shape index (κ1) is 16.4. The van der Waals surface area contributed by atoms with Crippen LogP contribution in [0.25, 0.3) is 0 Å². The molecule has 0 aliphatic heterocycles. The highest BCUT2D eigenvalue weighted by Crippen LogP contribution is 2.23. The molecule has 0 heterocycles. The van der Waals surface area contributed by atoms with Crippen molar-refractivity contribution in [2.45, 2.75) is 50.9 Å². The number of hydrogen-bond donors (Lipinski definition) is 1. The molecule has 1 N–H and O–H groups in total. The van der Waals surface area contributed by atoms with E-state index in [-0.39, 0.29) is 17.5 Å². The second-order valence-electron chi connectivity index (χ2n) is 6.31. The highest BCUT2D eigenvalue weighted by atomic mass is 19.1. The number of benzene rings is 1. The van der Waals surface area contributed by atoms with Gasteiger partial charge in [-0.1, -0.05) is 12.1 Å². The van der Waals surface area contributed by atoms with Gasteiger partial charge in [-0.15, -0.1) is 0 Å². The minimum atomic E-state index is -0.218. The fraction of sp³-hybridized carbons (Fsp3) is 0.647. The van der Waals surface area contributed by atoms with E-state index < -0.39 is 0 Å². The van der Waals surface area contributed by atoms with Crippen LogP contribution < -0.4 is 5.32 Å². The van der Waals surface area contributed by atoms with Crippen molar-refractivity contribution < 1.29 is 13.9 Å².